The zero-order valence-corrected chi connectivity index (χ0v) is 18.8. The minimum atomic E-state index is -1.20. The molecule has 4 rings (SSSR count). The Morgan fingerprint density at radius 3 is 2.33 bits per heavy atom. The summed E-state index contributed by atoms with van der Waals surface area (Å²) in [4.78, 5) is 53.7. The van der Waals surface area contributed by atoms with Crippen molar-refractivity contribution < 1.29 is 19.2 Å². The summed E-state index contributed by atoms with van der Waals surface area (Å²) in [6.07, 6.45) is 1.07. The van der Waals surface area contributed by atoms with Crippen LogP contribution in [0.2, 0.25) is 0 Å². The second-order valence-electron chi connectivity index (χ2n) is 8.77. The van der Waals surface area contributed by atoms with Crippen molar-refractivity contribution in [1.29, 1.82) is 0 Å². The van der Waals surface area contributed by atoms with Crippen molar-refractivity contribution in [1.82, 2.24) is 15.1 Å². The second kappa shape index (κ2) is 9.05. The van der Waals surface area contributed by atoms with Crippen LogP contribution in [0.3, 0.4) is 0 Å². The number of amides is 5. The van der Waals surface area contributed by atoms with Gasteiger partial charge in [-0.15, -0.1) is 0 Å². The first-order valence-electron chi connectivity index (χ1n) is 11.1. The molecule has 0 saturated carbocycles. The number of rotatable bonds is 5. The van der Waals surface area contributed by atoms with Crippen LogP contribution in [-0.2, 0) is 19.9 Å². The van der Waals surface area contributed by atoms with Gasteiger partial charge in [0.2, 0.25) is 11.8 Å². The number of carbonyl (C=O) groups excluding carboxylic acids is 4. The summed E-state index contributed by atoms with van der Waals surface area (Å²) >= 11 is 0. The van der Waals surface area contributed by atoms with Gasteiger partial charge in [-0.25, -0.2) is 4.79 Å². The molecular weight excluding hydrogens is 420 g/mol. The van der Waals surface area contributed by atoms with E-state index in [1.54, 1.807) is 11.8 Å². The number of anilines is 1. The van der Waals surface area contributed by atoms with Crippen molar-refractivity contribution in [3.8, 4) is 0 Å². The highest BCUT2D eigenvalue weighted by Gasteiger charge is 2.50. The fraction of sp³-hybridized carbons (Fsp3) is 0.360. The number of piperidine rings is 1. The smallest absolute Gasteiger partial charge is 0.325 e. The van der Waals surface area contributed by atoms with Gasteiger partial charge in [0, 0.05) is 24.7 Å². The number of hydrogen-bond donors (Lipinski definition) is 2. The van der Waals surface area contributed by atoms with E-state index in [9.17, 15) is 19.2 Å². The van der Waals surface area contributed by atoms with Gasteiger partial charge in [-0.1, -0.05) is 42.5 Å². The highest BCUT2D eigenvalue weighted by molar-refractivity contribution is 6.09. The summed E-state index contributed by atoms with van der Waals surface area (Å²) in [7, 11) is 0. The van der Waals surface area contributed by atoms with Crippen LogP contribution in [0.15, 0.2) is 54.6 Å². The zero-order chi connectivity index (χ0) is 23.6. The van der Waals surface area contributed by atoms with Crippen LogP contribution >= 0.6 is 0 Å². The number of nitrogens with zero attached hydrogens (tertiary/aromatic N) is 2. The van der Waals surface area contributed by atoms with Crippen LogP contribution in [0.1, 0.15) is 30.9 Å². The number of hydrogen-bond acceptors (Lipinski definition) is 4. The predicted octanol–water partition coefficient (Wildman–Crippen LogP) is 2.64. The number of likely N-dealkylation sites (tertiary alicyclic amines) is 1. The van der Waals surface area contributed by atoms with Crippen LogP contribution < -0.4 is 10.6 Å². The van der Waals surface area contributed by atoms with Crippen LogP contribution in [0.4, 0.5) is 10.5 Å². The maximum atomic E-state index is 13.1. The third-order valence-electron chi connectivity index (χ3n) is 6.51. The average molecular weight is 449 g/mol. The van der Waals surface area contributed by atoms with Gasteiger partial charge in [-0.3, -0.25) is 19.3 Å². The van der Waals surface area contributed by atoms with Crippen molar-refractivity contribution in [3.63, 3.8) is 0 Å². The quantitative estimate of drug-likeness (QED) is 0.687. The third-order valence-corrected chi connectivity index (χ3v) is 6.51. The Morgan fingerprint density at radius 2 is 1.67 bits per heavy atom. The summed E-state index contributed by atoms with van der Waals surface area (Å²) in [5, 5.41) is 5.66. The molecule has 2 aromatic rings. The van der Waals surface area contributed by atoms with Crippen molar-refractivity contribution in [2.45, 2.75) is 32.2 Å². The standard InChI is InChI=1S/C25H28N4O4/c1-17-8-6-7-11-20(17)25(2)23(32)29(24(33)27-25)16-21(30)28-14-12-18(13-15-28)22(31)26-19-9-4-3-5-10-19/h3-11,18H,12-16H2,1-2H3,(H,26,31)(H,27,33). The molecule has 0 spiro atoms. The van der Waals surface area contributed by atoms with Gasteiger partial charge in [0.1, 0.15) is 12.1 Å². The molecule has 2 aromatic carbocycles. The van der Waals surface area contributed by atoms with Crippen molar-refractivity contribution in [2.24, 2.45) is 5.92 Å². The lowest BCUT2D eigenvalue weighted by Gasteiger charge is -2.32. The molecule has 0 aliphatic carbocycles. The maximum Gasteiger partial charge on any atom is 0.325 e. The first kappa shape index (κ1) is 22.5. The molecule has 2 aliphatic rings. The fourth-order valence-corrected chi connectivity index (χ4v) is 4.55. The topological polar surface area (TPSA) is 98.8 Å². The van der Waals surface area contributed by atoms with E-state index >= 15 is 0 Å². The normalized spacial score (nSPS) is 21.2. The Hall–Kier alpha value is -3.68. The minimum absolute atomic E-state index is 0.0589. The van der Waals surface area contributed by atoms with E-state index in [4.69, 9.17) is 0 Å². The number of para-hydroxylation sites is 1. The third kappa shape index (κ3) is 4.46. The minimum Gasteiger partial charge on any atom is -0.341 e. The first-order chi connectivity index (χ1) is 15.8. The molecule has 172 valence electrons. The molecule has 1 unspecified atom stereocenters. The summed E-state index contributed by atoms with van der Waals surface area (Å²) in [5.41, 5.74) is 1.14. The number of aryl methyl sites for hydroxylation is 1. The number of imide groups is 1. The number of benzene rings is 2. The first-order valence-corrected chi connectivity index (χ1v) is 11.1. The van der Waals surface area contributed by atoms with Gasteiger partial charge in [0.05, 0.1) is 0 Å². The molecular formula is C25H28N4O4. The SMILES string of the molecule is Cc1ccccc1C1(C)NC(=O)N(CC(=O)N2CCC(C(=O)Nc3ccccc3)CC2)C1=O. The summed E-state index contributed by atoms with van der Waals surface area (Å²) in [5.74, 6) is -0.978. The molecule has 5 amide bonds. The summed E-state index contributed by atoms with van der Waals surface area (Å²) in [6, 6.07) is 16.1. The molecule has 0 radical (unpaired) electrons. The molecule has 8 nitrogen and oxygen atoms in total. The van der Waals surface area contributed by atoms with Gasteiger partial charge >= 0.3 is 6.03 Å². The van der Waals surface area contributed by atoms with Gasteiger partial charge in [0.25, 0.3) is 5.91 Å². The molecule has 2 saturated heterocycles. The molecule has 2 heterocycles. The Balaban J connectivity index is 1.34. The van der Waals surface area contributed by atoms with E-state index < -0.39 is 17.5 Å². The second-order valence-corrected chi connectivity index (χ2v) is 8.77. The van der Waals surface area contributed by atoms with E-state index in [1.165, 1.54) is 0 Å². The Kier molecular flexibility index (Phi) is 6.18. The zero-order valence-electron chi connectivity index (χ0n) is 18.8. The predicted molar refractivity (Wildman–Crippen MR) is 123 cm³/mol. The highest BCUT2D eigenvalue weighted by atomic mass is 16.2. The molecule has 1 atom stereocenters. The van der Waals surface area contributed by atoms with E-state index in [2.05, 4.69) is 10.6 Å². The Bertz CT molecular complexity index is 1080. The van der Waals surface area contributed by atoms with Gasteiger partial charge < -0.3 is 15.5 Å². The van der Waals surface area contributed by atoms with Crippen LogP contribution in [0, 0.1) is 12.8 Å². The fourth-order valence-electron chi connectivity index (χ4n) is 4.55. The Morgan fingerprint density at radius 1 is 1.03 bits per heavy atom. The molecule has 2 aliphatic heterocycles. The molecule has 2 N–H and O–H groups in total. The summed E-state index contributed by atoms with van der Waals surface area (Å²) in [6.45, 7) is 4.05. The van der Waals surface area contributed by atoms with Crippen LogP contribution in [0.25, 0.3) is 0 Å². The van der Waals surface area contributed by atoms with Gasteiger partial charge in [-0.2, -0.15) is 0 Å². The molecule has 33 heavy (non-hydrogen) atoms. The van der Waals surface area contributed by atoms with Crippen molar-refractivity contribution >= 4 is 29.4 Å². The number of carbonyl (C=O) groups is 4. The van der Waals surface area contributed by atoms with E-state index in [1.807, 2.05) is 61.5 Å². The average Bonchev–Trinajstić information content (AvgIpc) is 3.03. The number of urea groups is 1. The lowest BCUT2D eigenvalue weighted by Crippen LogP contribution is -2.47. The Labute approximate surface area is 192 Å². The van der Waals surface area contributed by atoms with E-state index in [-0.39, 0.29) is 24.3 Å². The molecule has 8 heteroatoms. The molecule has 0 bridgehead atoms. The van der Waals surface area contributed by atoms with Gasteiger partial charge in [-0.05, 0) is 49.9 Å². The lowest BCUT2D eigenvalue weighted by molar-refractivity contribution is -0.140. The van der Waals surface area contributed by atoms with Crippen LogP contribution in [-0.4, -0.2) is 53.2 Å². The monoisotopic (exact) mass is 448 g/mol. The van der Waals surface area contributed by atoms with Crippen molar-refractivity contribution in [2.75, 3.05) is 25.0 Å². The lowest BCUT2D eigenvalue weighted by atomic mass is 9.88. The van der Waals surface area contributed by atoms with Gasteiger partial charge in [0.15, 0.2) is 0 Å². The van der Waals surface area contributed by atoms with E-state index in [0.29, 0.717) is 31.5 Å². The van der Waals surface area contributed by atoms with Crippen LogP contribution in [0.5, 0.6) is 0 Å². The van der Waals surface area contributed by atoms with Crippen molar-refractivity contribution in [3.05, 3.63) is 65.7 Å². The summed E-state index contributed by atoms with van der Waals surface area (Å²) < 4.78 is 0. The molecule has 0 aromatic heterocycles. The highest BCUT2D eigenvalue weighted by Crippen LogP contribution is 2.31. The largest absolute Gasteiger partial charge is 0.341 e. The number of nitrogens with one attached hydrogen (secondary N) is 2. The van der Waals surface area contributed by atoms with E-state index in [0.717, 1.165) is 16.2 Å². The molecule has 2 fully saturated rings. The maximum absolute atomic E-state index is 13.1.